The minimum absolute atomic E-state index is 0.00485. The molecule has 19 heavy (non-hydrogen) atoms. The number of hydrogen-bond acceptors (Lipinski definition) is 3. The van der Waals surface area contributed by atoms with E-state index < -0.39 is 0 Å². The quantitative estimate of drug-likeness (QED) is 0.817. The Balaban J connectivity index is 1.71. The van der Waals surface area contributed by atoms with Crippen LogP contribution in [-0.4, -0.2) is 48.1 Å². The minimum Gasteiger partial charge on any atom is -0.373 e. The normalized spacial score (nSPS) is 36.3. The Morgan fingerprint density at radius 2 is 2.21 bits per heavy atom. The molecule has 106 valence electrons. The molecule has 2 aliphatic heterocycles. The van der Waals surface area contributed by atoms with Crippen LogP contribution in [0.25, 0.3) is 0 Å². The summed E-state index contributed by atoms with van der Waals surface area (Å²) in [6.07, 6.45) is 4.57. The molecule has 0 aromatic heterocycles. The standard InChI is InChI=1S/C14H22N2O3/c1-14(6-2-8-19-14)9-16-7-5-11(17)15-12(13(16)18)10-3-4-10/h10,12H,2-9H2,1H3,(H,15,17). The summed E-state index contributed by atoms with van der Waals surface area (Å²) in [5.41, 5.74) is -0.225. The maximum absolute atomic E-state index is 12.6. The van der Waals surface area contributed by atoms with Gasteiger partial charge < -0.3 is 15.0 Å². The predicted molar refractivity (Wildman–Crippen MR) is 69.4 cm³/mol. The summed E-state index contributed by atoms with van der Waals surface area (Å²) in [6.45, 7) is 3.98. The first-order valence-electron chi connectivity index (χ1n) is 7.29. The van der Waals surface area contributed by atoms with Crippen LogP contribution in [0.4, 0.5) is 0 Å². The number of nitrogens with one attached hydrogen (secondary N) is 1. The molecule has 2 atom stereocenters. The second-order valence-corrected chi connectivity index (χ2v) is 6.29. The van der Waals surface area contributed by atoms with Gasteiger partial charge in [0, 0.05) is 26.1 Å². The van der Waals surface area contributed by atoms with Gasteiger partial charge in [-0.05, 0) is 38.5 Å². The van der Waals surface area contributed by atoms with Crippen molar-refractivity contribution in [1.29, 1.82) is 0 Å². The summed E-state index contributed by atoms with van der Waals surface area (Å²) in [6, 6.07) is -0.292. The maximum atomic E-state index is 12.6. The topological polar surface area (TPSA) is 58.6 Å². The van der Waals surface area contributed by atoms with E-state index in [0.717, 1.165) is 32.3 Å². The van der Waals surface area contributed by atoms with Crippen molar-refractivity contribution in [3.05, 3.63) is 0 Å². The Kier molecular flexibility index (Phi) is 3.25. The van der Waals surface area contributed by atoms with E-state index >= 15 is 0 Å². The lowest BCUT2D eigenvalue weighted by Gasteiger charge is -2.32. The zero-order valence-corrected chi connectivity index (χ0v) is 11.5. The molecule has 0 bridgehead atoms. The number of rotatable bonds is 3. The van der Waals surface area contributed by atoms with E-state index in [-0.39, 0.29) is 23.5 Å². The lowest BCUT2D eigenvalue weighted by molar-refractivity contribution is -0.137. The Hall–Kier alpha value is -1.10. The lowest BCUT2D eigenvalue weighted by atomic mass is 10.0. The molecule has 0 aromatic rings. The summed E-state index contributed by atoms with van der Waals surface area (Å²) in [4.78, 5) is 26.1. The Labute approximate surface area is 113 Å². The Morgan fingerprint density at radius 3 is 2.84 bits per heavy atom. The van der Waals surface area contributed by atoms with E-state index in [1.54, 1.807) is 0 Å². The van der Waals surface area contributed by atoms with Gasteiger partial charge in [0.15, 0.2) is 0 Å². The fourth-order valence-electron chi connectivity index (χ4n) is 3.12. The van der Waals surface area contributed by atoms with Crippen LogP contribution >= 0.6 is 0 Å². The zero-order chi connectivity index (χ0) is 13.5. The molecule has 1 N–H and O–H groups in total. The van der Waals surface area contributed by atoms with Gasteiger partial charge in [-0.2, -0.15) is 0 Å². The van der Waals surface area contributed by atoms with Crippen molar-refractivity contribution >= 4 is 11.8 Å². The van der Waals surface area contributed by atoms with Crippen molar-refractivity contribution in [2.45, 2.75) is 50.7 Å². The molecule has 0 aromatic carbocycles. The molecule has 0 radical (unpaired) electrons. The second-order valence-electron chi connectivity index (χ2n) is 6.29. The molecular weight excluding hydrogens is 244 g/mol. The lowest BCUT2D eigenvalue weighted by Crippen LogP contribution is -2.50. The molecule has 2 amide bonds. The third-order valence-corrected chi connectivity index (χ3v) is 4.42. The number of hydrogen-bond donors (Lipinski definition) is 1. The minimum atomic E-state index is -0.292. The van der Waals surface area contributed by atoms with E-state index in [1.807, 2.05) is 4.90 Å². The molecule has 2 unspecified atom stereocenters. The second kappa shape index (κ2) is 4.78. The highest BCUT2D eigenvalue weighted by molar-refractivity contribution is 5.90. The van der Waals surface area contributed by atoms with Crippen molar-refractivity contribution in [2.24, 2.45) is 5.92 Å². The molecule has 1 aliphatic carbocycles. The number of carbonyl (C=O) groups is 2. The Bertz CT molecular complexity index is 386. The van der Waals surface area contributed by atoms with Gasteiger partial charge >= 0.3 is 0 Å². The first-order chi connectivity index (χ1) is 9.07. The fourth-order valence-corrected chi connectivity index (χ4v) is 3.12. The fraction of sp³-hybridized carbons (Fsp3) is 0.857. The van der Waals surface area contributed by atoms with Gasteiger partial charge in [0.1, 0.15) is 6.04 Å². The molecule has 5 heteroatoms. The number of carbonyl (C=O) groups excluding carboxylic acids is 2. The van der Waals surface area contributed by atoms with Crippen molar-refractivity contribution in [3.63, 3.8) is 0 Å². The third kappa shape index (κ3) is 2.76. The van der Waals surface area contributed by atoms with Crippen LogP contribution in [0.2, 0.25) is 0 Å². The van der Waals surface area contributed by atoms with Crippen LogP contribution in [0.1, 0.15) is 39.0 Å². The largest absolute Gasteiger partial charge is 0.373 e. The highest BCUT2D eigenvalue weighted by Gasteiger charge is 2.43. The van der Waals surface area contributed by atoms with Gasteiger partial charge in [-0.25, -0.2) is 0 Å². The highest BCUT2D eigenvalue weighted by Crippen LogP contribution is 2.35. The maximum Gasteiger partial charge on any atom is 0.245 e. The van der Waals surface area contributed by atoms with Crippen LogP contribution in [0.3, 0.4) is 0 Å². The van der Waals surface area contributed by atoms with Crippen LogP contribution in [-0.2, 0) is 14.3 Å². The number of nitrogens with zero attached hydrogens (tertiary/aromatic N) is 1. The summed E-state index contributed by atoms with van der Waals surface area (Å²) in [5.74, 6) is 0.449. The van der Waals surface area contributed by atoms with Gasteiger partial charge in [-0.3, -0.25) is 9.59 Å². The van der Waals surface area contributed by atoms with E-state index in [9.17, 15) is 9.59 Å². The smallest absolute Gasteiger partial charge is 0.245 e. The van der Waals surface area contributed by atoms with Gasteiger partial charge in [0.05, 0.1) is 5.60 Å². The van der Waals surface area contributed by atoms with E-state index in [1.165, 1.54) is 0 Å². The van der Waals surface area contributed by atoms with Crippen molar-refractivity contribution in [2.75, 3.05) is 19.7 Å². The van der Waals surface area contributed by atoms with Crippen LogP contribution in [0.15, 0.2) is 0 Å². The van der Waals surface area contributed by atoms with Gasteiger partial charge in [-0.15, -0.1) is 0 Å². The molecule has 3 fully saturated rings. The Morgan fingerprint density at radius 1 is 1.42 bits per heavy atom. The van der Waals surface area contributed by atoms with Crippen molar-refractivity contribution in [3.8, 4) is 0 Å². The molecule has 0 spiro atoms. The molecule has 3 aliphatic rings. The first kappa shape index (κ1) is 12.9. The molecular formula is C14H22N2O3. The monoisotopic (exact) mass is 266 g/mol. The number of amides is 2. The average Bonchev–Trinajstić information content (AvgIpc) is 3.14. The highest BCUT2D eigenvalue weighted by atomic mass is 16.5. The zero-order valence-electron chi connectivity index (χ0n) is 11.5. The summed E-state index contributed by atoms with van der Waals surface area (Å²) in [5, 5.41) is 2.89. The van der Waals surface area contributed by atoms with Gasteiger partial charge in [0.25, 0.3) is 0 Å². The molecule has 2 heterocycles. The van der Waals surface area contributed by atoms with E-state index in [4.69, 9.17) is 4.74 Å². The van der Waals surface area contributed by atoms with E-state index in [2.05, 4.69) is 12.2 Å². The molecule has 3 rings (SSSR count). The summed E-state index contributed by atoms with van der Waals surface area (Å²) in [7, 11) is 0. The SMILES string of the molecule is CC1(CN2CCC(=O)NC(C3CC3)C2=O)CCCO1. The first-order valence-corrected chi connectivity index (χ1v) is 7.29. The van der Waals surface area contributed by atoms with Gasteiger partial charge in [0.2, 0.25) is 11.8 Å². The number of ether oxygens (including phenoxy) is 1. The molecule has 1 saturated carbocycles. The summed E-state index contributed by atoms with van der Waals surface area (Å²) < 4.78 is 5.77. The van der Waals surface area contributed by atoms with Gasteiger partial charge in [-0.1, -0.05) is 0 Å². The average molecular weight is 266 g/mol. The summed E-state index contributed by atoms with van der Waals surface area (Å²) >= 11 is 0. The van der Waals surface area contributed by atoms with Crippen LogP contribution in [0.5, 0.6) is 0 Å². The van der Waals surface area contributed by atoms with Crippen LogP contribution < -0.4 is 5.32 Å². The van der Waals surface area contributed by atoms with Crippen molar-refractivity contribution in [1.82, 2.24) is 10.2 Å². The molecule has 5 nitrogen and oxygen atoms in total. The van der Waals surface area contributed by atoms with Crippen LogP contribution in [0, 0.1) is 5.92 Å². The van der Waals surface area contributed by atoms with E-state index in [0.29, 0.717) is 25.4 Å². The van der Waals surface area contributed by atoms with Crippen molar-refractivity contribution < 1.29 is 14.3 Å². The molecule has 2 saturated heterocycles. The predicted octanol–water partition coefficient (Wildman–Crippen LogP) is 0.683. The third-order valence-electron chi connectivity index (χ3n) is 4.42.